The minimum Gasteiger partial charge on any atom is -0.462 e. The van der Waals surface area contributed by atoms with Gasteiger partial charge < -0.3 is 4.74 Å². The van der Waals surface area contributed by atoms with Gasteiger partial charge in [-0.3, -0.25) is 0 Å². The van der Waals surface area contributed by atoms with Gasteiger partial charge >= 0.3 is 11.5 Å². The van der Waals surface area contributed by atoms with E-state index in [1.165, 1.54) is 12.1 Å². The third kappa shape index (κ3) is 4.14. The lowest BCUT2D eigenvalue weighted by Crippen LogP contribution is -2.09. The summed E-state index contributed by atoms with van der Waals surface area (Å²) in [6, 6.07) is 4.15. The van der Waals surface area contributed by atoms with Crippen LogP contribution in [-0.2, 0) is 4.74 Å². The maximum absolute atomic E-state index is 12.4. The average molecular weight is 354 g/mol. The van der Waals surface area contributed by atoms with Crippen LogP contribution in [0.4, 0.5) is 13.2 Å². The Balaban J connectivity index is 3.34. The molecule has 0 heterocycles. The Bertz CT molecular complexity index is 540. The first-order valence-electron chi connectivity index (χ1n) is 4.95. The number of hydrogen-bond acceptors (Lipinski definition) is 4. The first-order chi connectivity index (χ1) is 8.80. The SMILES string of the molecule is CCOC(=O)c1ccc(Br)c(SC(F)(F)F)c1C#N. The number of hydrogen-bond donors (Lipinski definition) is 0. The highest BCUT2D eigenvalue weighted by Gasteiger charge is 2.33. The van der Waals surface area contributed by atoms with E-state index in [1.54, 1.807) is 13.0 Å². The molecule has 0 unspecified atom stereocenters. The minimum absolute atomic E-state index is 0.0709. The van der Waals surface area contributed by atoms with Crippen LogP contribution in [0, 0.1) is 11.3 Å². The lowest BCUT2D eigenvalue weighted by Gasteiger charge is -2.12. The molecule has 8 heteroatoms. The van der Waals surface area contributed by atoms with Crippen molar-refractivity contribution in [3.8, 4) is 6.07 Å². The van der Waals surface area contributed by atoms with Crippen LogP contribution in [-0.4, -0.2) is 18.1 Å². The number of alkyl halides is 3. The van der Waals surface area contributed by atoms with Crippen LogP contribution in [0.5, 0.6) is 0 Å². The third-order valence-electron chi connectivity index (χ3n) is 1.93. The number of nitriles is 1. The Kier molecular flexibility index (Phi) is 5.26. The van der Waals surface area contributed by atoms with E-state index in [0.29, 0.717) is 0 Å². The molecule has 3 nitrogen and oxygen atoms in total. The van der Waals surface area contributed by atoms with Crippen molar-refractivity contribution in [2.24, 2.45) is 0 Å². The maximum atomic E-state index is 12.4. The van der Waals surface area contributed by atoms with Gasteiger partial charge in [0.15, 0.2) is 0 Å². The summed E-state index contributed by atoms with van der Waals surface area (Å²) in [6.07, 6.45) is 0. The molecule has 1 aromatic carbocycles. The molecule has 0 bridgehead atoms. The van der Waals surface area contributed by atoms with E-state index in [1.807, 2.05) is 0 Å². The molecule has 0 radical (unpaired) electrons. The van der Waals surface area contributed by atoms with Gasteiger partial charge in [-0.2, -0.15) is 18.4 Å². The van der Waals surface area contributed by atoms with Gasteiger partial charge in [0.05, 0.1) is 17.7 Å². The van der Waals surface area contributed by atoms with E-state index < -0.39 is 23.2 Å². The molecule has 0 fully saturated rings. The lowest BCUT2D eigenvalue weighted by molar-refractivity contribution is -0.0328. The number of nitrogens with zero attached hydrogens (tertiary/aromatic N) is 1. The van der Waals surface area contributed by atoms with E-state index in [2.05, 4.69) is 15.9 Å². The Hall–Kier alpha value is -1.20. The predicted octanol–water partition coefficient (Wildman–Crippen LogP) is 4.11. The number of halogens is 4. The van der Waals surface area contributed by atoms with Gasteiger partial charge in [0.25, 0.3) is 0 Å². The highest BCUT2D eigenvalue weighted by atomic mass is 79.9. The summed E-state index contributed by atoms with van der Waals surface area (Å²) in [5.74, 6) is -0.824. The number of carbonyl (C=O) groups is 1. The number of ether oxygens (including phenoxy) is 1. The quantitative estimate of drug-likeness (QED) is 0.606. The van der Waals surface area contributed by atoms with E-state index in [-0.39, 0.29) is 27.1 Å². The molecule has 1 aromatic rings. The molecule has 0 aliphatic rings. The van der Waals surface area contributed by atoms with Crippen molar-refractivity contribution in [2.75, 3.05) is 6.61 Å². The Morgan fingerprint density at radius 1 is 1.53 bits per heavy atom. The Morgan fingerprint density at radius 3 is 2.63 bits per heavy atom. The zero-order chi connectivity index (χ0) is 14.6. The average Bonchev–Trinajstić information content (AvgIpc) is 2.30. The topological polar surface area (TPSA) is 50.1 Å². The highest BCUT2D eigenvalue weighted by molar-refractivity contribution is 9.10. The van der Waals surface area contributed by atoms with E-state index >= 15 is 0 Å². The second-order valence-electron chi connectivity index (χ2n) is 3.18. The van der Waals surface area contributed by atoms with Crippen molar-refractivity contribution in [1.29, 1.82) is 5.26 Å². The Labute approximate surface area is 119 Å². The third-order valence-corrected chi connectivity index (χ3v) is 3.72. The summed E-state index contributed by atoms with van der Waals surface area (Å²) in [6.45, 7) is 1.63. The number of rotatable bonds is 3. The van der Waals surface area contributed by atoms with Crippen LogP contribution in [0.1, 0.15) is 22.8 Å². The molecule has 0 aliphatic heterocycles. The van der Waals surface area contributed by atoms with Crippen LogP contribution in [0.3, 0.4) is 0 Å². The van der Waals surface area contributed by atoms with E-state index in [0.717, 1.165) is 0 Å². The molecule has 0 atom stereocenters. The molecule has 102 valence electrons. The predicted molar refractivity (Wildman–Crippen MR) is 66.7 cm³/mol. The largest absolute Gasteiger partial charge is 0.462 e. The molecular formula is C11H7BrF3NO2S. The summed E-state index contributed by atoms with van der Waals surface area (Å²) in [5, 5.41) is 8.98. The molecule has 1 rings (SSSR count). The fourth-order valence-electron chi connectivity index (χ4n) is 1.26. The number of carbonyl (C=O) groups excluding carboxylic acids is 1. The van der Waals surface area contributed by atoms with E-state index in [9.17, 15) is 18.0 Å². The Morgan fingerprint density at radius 2 is 2.16 bits per heavy atom. The van der Waals surface area contributed by atoms with Crippen LogP contribution in [0.15, 0.2) is 21.5 Å². The van der Waals surface area contributed by atoms with E-state index in [4.69, 9.17) is 10.00 Å². The molecule has 0 aromatic heterocycles. The fraction of sp³-hybridized carbons (Fsp3) is 0.273. The second-order valence-corrected chi connectivity index (χ2v) is 5.11. The van der Waals surface area contributed by atoms with Gasteiger partial charge in [-0.15, -0.1) is 0 Å². The van der Waals surface area contributed by atoms with Gasteiger partial charge in [-0.05, 0) is 46.7 Å². The van der Waals surface area contributed by atoms with Crippen LogP contribution >= 0.6 is 27.7 Å². The summed E-state index contributed by atoms with van der Waals surface area (Å²) in [4.78, 5) is 11.2. The summed E-state index contributed by atoms with van der Waals surface area (Å²) >= 11 is 2.49. The van der Waals surface area contributed by atoms with Crippen LogP contribution in [0.2, 0.25) is 0 Å². The lowest BCUT2D eigenvalue weighted by atomic mass is 10.1. The molecule has 19 heavy (non-hydrogen) atoms. The summed E-state index contributed by atoms with van der Waals surface area (Å²) in [7, 11) is 0. The standard InChI is InChI=1S/C11H7BrF3NO2S/c1-2-18-10(17)6-3-4-8(12)9(7(6)5-16)19-11(13,14)15/h3-4H,2H2,1H3. The summed E-state index contributed by atoms with van der Waals surface area (Å²) < 4.78 is 42.1. The van der Waals surface area contributed by atoms with Crippen molar-refractivity contribution in [2.45, 2.75) is 17.3 Å². The second kappa shape index (κ2) is 6.30. The fourth-order valence-corrected chi connectivity index (χ4v) is 2.49. The first-order valence-corrected chi connectivity index (χ1v) is 6.56. The van der Waals surface area contributed by atoms with Gasteiger partial charge in [0.1, 0.15) is 6.07 Å². The van der Waals surface area contributed by atoms with Gasteiger partial charge in [0.2, 0.25) is 0 Å². The minimum atomic E-state index is -4.55. The molecule has 0 aliphatic carbocycles. The van der Waals surface area contributed by atoms with Crippen LogP contribution < -0.4 is 0 Å². The van der Waals surface area contributed by atoms with Crippen molar-refractivity contribution in [3.63, 3.8) is 0 Å². The van der Waals surface area contributed by atoms with Crippen LogP contribution in [0.25, 0.3) is 0 Å². The van der Waals surface area contributed by atoms with Crippen molar-refractivity contribution in [3.05, 3.63) is 27.7 Å². The molecule has 0 spiro atoms. The maximum Gasteiger partial charge on any atom is 0.446 e. The monoisotopic (exact) mass is 353 g/mol. The van der Waals surface area contributed by atoms with Crippen molar-refractivity contribution < 1.29 is 22.7 Å². The molecule has 0 amide bonds. The van der Waals surface area contributed by atoms with Gasteiger partial charge in [-0.1, -0.05) is 0 Å². The number of benzene rings is 1. The number of esters is 1. The molecular weight excluding hydrogens is 347 g/mol. The van der Waals surface area contributed by atoms with Crippen molar-refractivity contribution >= 4 is 33.7 Å². The van der Waals surface area contributed by atoms with Gasteiger partial charge in [-0.25, -0.2) is 4.79 Å². The number of thioether (sulfide) groups is 1. The zero-order valence-electron chi connectivity index (χ0n) is 9.55. The summed E-state index contributed by atoms with van der Waals surface area (Å²) in [5.41, 5.74) is -5.09. The molecule has 0 saturated heterocycles. The molecule has 0 N–H and O–H groups in total. The highest BCUT2D eigenvalue weighted by Crippen LogP contribution is 2.43. The zero-order valence-corrected chi connectivity index (χ0v) is 11.9. The smallest absolute Gasteiger partial charge is 0.446 e. The van der Waals surface area contributed by atoms with Crippen molar-refractivity contribution in [1.82, 2.24) is 0 Å². The normalized spacial score (nSPS) is 10.9. The molecule has 0 saturated carbocycles. The first kappa shape index (κ1) is 15.9. The van der Waals surface area contributed by atoms with Gasteiger partial charge in [0, 0.05) is 9.37 Å².